The molecular formula is C29H31ClF3N3O4S. The summed E-state index contributed by atoms with van der Waals surface area (Å²) < 4.78 is 68.7. The number of alkyl halides is 3. The molecule has 220 valence electrons. The van der Waals surface area contributed by atoms with Gasteiger partial charge >= 0.3 is 6.18 Å². The van der Waals surface area contributed by atoms with Crippen molar-refractivity contribution in [1.29, 1.82) is 0 Å². The van der Waals surface area contributed by atoms with E-state index in [-0.39, 0.29) is 23.2 Å². The smallest absolute Gasteiger partial charge is 0.352 e. The molecule has 0 aliphatic heterocycles. The quantitative estimate of drug-likeness (QED) is 0.294. The minimum atomic E-state index is -4.74. The van der Waals surface area contributed by atoms with Gasteiger partial charge in [0.2, 0.25) is 11.8 Å². The summed E-state index contributed by atoms with van der Waals surface area (Å²) in [5, 5.41) is 3.27. The number of amides is 2. The maximum absolute atomic E-state index is 13.9. The topological polar surface area (TPSA) is 86.8 Å². The fourth-order valence-corrected chi connectivity index (χ4v) is 5.47. The van der Waals surface area contributed by atoms with Crippen molar-refractivity contribution in [3.63, 3.8) is 0 Å². The van der Waals surface area contributed by atoms with Gasteiger partial charge in [-0.2, -0.15) is 13.2 Å². The van der Waals surface area contributed by atoms with Crippen LogP contribution in [0.4, 0.5) is 18.9 Å². The molecule has 0 fully saturated rings. The van der Waals surface area contributed by atoms with Gasteiger partial charge < -0.3 is 10.2 Å². The number of halogens is 4. The monoisotopic (exact) mass is 609 g/mol. The molecule has 0 saturated carbocycles. The molecule has 41 heavy (non-hydrogen) atoms. The normalized spacial score (nSPS) is 13.2. The molecule has 2 atom stereocenters. The van der Waals surface area contributed by atoms with Gasteiger partial charge in [0.1, 0.15) is 12.6 Å². The molecule has 2 amide bonds. The fraction of sp³-hybridized carbons (Fsp3) is 0.310. The van der Waals surface area contributed by atoms with Gasteiger partial charge in [0.25, 0.3) is 10.0 Å². The van der Waals surface area contributed by atoms with Crippen molar-refractivity contribution in [3.05, 3.63) is 95.0 Å². The Balaban J connectivity index is 2.07. The lowest BCUT2D eigenvalue weighted by Crippen LogP contribution is -2.52. The van der Waals surface area contributed by atoms with Crippen LogP contribution in [0.2, 0.25) is 5.02 Å². The van der Waals surface area contributed by atoms with Crippen LogP contribution in [0.15, 0.2) is 83.8 Å². The zero-order valence-electron chi connectivity index (χ0n) is 22.7. The summed E-state index contributed by atoms with van der Waals surface area (Å²) in [6.45, 7) is 4.26. The van der Waals surface area contributed by atoms with Gasteiger partial charge in [-0.3, -0.25) is 13.9 Å². The van der Waals surface area contributed by atoms with Crippen LogP contribution in [0.25, 0.3) is 0 Å². The molecule has 7 nitrogen and oxygen atoms in total. The van der Waals surface area contributed by atoms with E-state index in [1.807, 2.05) is 6.92 Å². The van der Waals surface area contributed by atoms with E-state index < -0.39 is 46.2 Å². The predicted molar refractivity (Wildman–Crippen MR) is 152 cm³/mol. The number of nitrogens with zero attached hydrogens (tertiary/aromatic N) is 2. The summed E-state index contributed by atoms with van der Waals surface area (Å²) in [5.74, 6) is -1.25. The molecule has 0 spiro atoms. The molecule has 3 aromatic carbocycles. The zero-order valence-corrected chi connectivity index (χ0v) is 24.3. The van der Waals surface area contributed by atoms with E-state index in [1.165, 1.54) is 42.2 Å². The van der Waals surface area contributed by atoms with E-state index in [0.717, 1.165) is 12.1 Å². The number of rotatable bonds is 11. The number of hydrogen-bond acceptors (Lipinski definition) is 4. The molecule has 0 aromatic heterocycles. The van der Waals surface area contributed by atoms with Crippen LogP contribution < -0.4 is 9.62 Å². The first-order valence-electron chi connectivity index (χ1n) is 12.8. The zero-order chi connectivity index (χ0) is 30.4. The minimum absolute atomic E-state index is 0.0765. The molecular weight excluding hydrogens is 579 g/mol. The third-order valence-corrected chi connectivity index (χ3v) is 8.55. The number of nitrogens with one attached hydrogen (secondary N) is 1. The summed E-state index contributed by atoms with van der Waals surface area (Å²) in [5.41, 5.74) is -0.808. The molecule has 1 N–H and O–H groups in total. The second kappa shape index (κ2) is 13.4. The third-order valence-electron chi connectivity index (χ3n) is 6.51. The Hall–Kier alpha value is -3.57. The standard InChI is InChI=1S/C29H31ClF3N3O4S/c1-4-20(2)34-28(38)21(3)35(18-22-13-15-24(30)16-14-22)27(37)19-36(41(39,40)26-11-6-5-7-12-26)25-10-8-9-23(17-25)29(31,32)33/h5-17,20-21H,4,18-19H2,1-3H3,(H,34,38)/t20-,21-/m1/s1. The van der Waals surface area contributed by atoms with Gasteiger partial charge in [0, 0.05) is 17.6 Å². The van der Waals surface area contributed by atoms with E-state index in [9.17, 15) is 31.2 Å². The maximum Gasteiger partial charge on any atom is 0.416 e. The molecule has 3 rings (SSSR count). The van der Waals surface area contributed by atoms with Gasteiger partial charge in [-0.15, -0.1) is 0 Å². The second-order valence-electron chi connectivity index (χ2n) is 9.51. The first-order chi connectivity index (χ1) is 19.2. The van der Waals surface area contributed by atoms with Crippen molar-refractivity contribution in [3.8, 4) is 0 Å². The lowest BCUT2D eigenvalue weighted by molar-refractivity contribution is -0.139. The number of sulfonamides is 1. The Morgan fingerprint density at radius 2 is 1.59 bits per heavy atom. The summed E-state index contributed by atoms with van der Waals surface area (Å²) >= 11 is 5.99. The molecule has 3 aromatic rings. The van der Waals surface area contributed by atoms with Crippen molar-refractivity contribution in [2.45, 2.75) is 56.9 Å². The van der Waals surface area contributed by atoms with Gasteiger partial charge in [-0.1, -0.05) is 54.9 Å². The van der Waals surface area contributed by atoms with E-state index in [2.05, 4.69) is 5.32 Å². The summed E-state index contributed by atoms with van der Waals surface area (Å²) in [4.78, 5) is 27.9. The van der Waals surface area contributed by atoms with Gasteiger partial charge in [0.05, 0.1) is 16.1 Å². The minimum Gasteiger partial charge on any atom is -0.352 e. The highest BCUT2D eigenvalue weighted by Crippen LogP contribution is 2.33. The van der Waals surface area contributed by atoms with Gasteiger partial charge in [0.15, 0.2) is 0 Å². The molecule has 0 aliphatic carbocycles. The highest BCUT2D eigenvalue weighted by molar-refractivity contribution is 7.92. The molecule has 0 radical (unpaired) electrons. The van der Waals surface area contributed by atoms with Crippen LogP contribution >= 0.6 is 11.6 Å². The number of anilines is 1. The van der Waals surface area contributed by atoms with E-state index in [4.69, 9.17) is 11.6 Å². The lowest BCUT2D eigenvalue weighted by atomic mass is 10.1. The summed E-state index contributed by atoms with van der Waals surface area (Å²) in [7, 11) is -4.49. The van der Waals surface area contributed by atoms with Crippen LogP contribution in [0.1, 0.15) is 38.3 Å². The van der Waals surface area contributed by atoms with Crippen molar-refractivity contribution in [2.24, 2.45) is 0 Å². The van der Waals surface area contributed by atoms with Crippen LogP contribution in [0.3, 0.4) is 0 Å². The van der Waals surface area contributed by atoms with Crippen LogP contribution in [-0.4, -0.2) is 43.8 Å². The van der Waals surface area contributed by atoms with E-state index >= 15 is 0 Å². The fourth-order valence-electron chi connectivity index (χ4n) is 3.92. The predicted octanol–water partition coefficient (Wildman–Crippen LogP) is 5.89. The average Bonchev–Trinajstić information content (AvgIpc) is 2.95. The Morgan fingerprint density at radius 3 is 2.17 bits per heavy atom. The number of benzene rings is 3. The Labute approximate surface area is 243 Å². The van der Waals surface area contributed by atoms with Crippen molar-refractivity contribution >= 4 is 39.1 Å². The summed E-state index contributed by atoms with van der Waals surface area (Å²) in [6, 6.07) is 16.2. The maximum atomic E-state index is 13.9. The third kappa shape index (κ3) is 8.23. The van der Waals surface area contributed by atoms with Crippen molar-refractivity contribution in [1.82, 2.24) is 10.2 Å². The molecule has 0 heterocycles. The van der Waals surface area contributed by atoms with Crippen LogP contribution in [0.5, 0.6) is 0 Å². The number of carbonyl (C=O) groups is 2. The summed E-state index contributed by atoms with van der Waals surface area (Å²) in [6.07, 6.45) is -4.10. The first kappa shape index (κ1) is 32.0. The number of carbonyl (C=O) groups excluding carboxylic acids is 2. The molecule has 0 unspecified atom stereocenters. The average molecular weight is 610 g/mol. The Morgan fingerprint density at radius 1 is 0.951 bits per heavy atom. The Bertz CT molecular complexity index is 1450. The molecule has 12 heteroatoms. The van der Waals surface area contributed by atoms with Crippen LogP contribution in [0, 0.1) is 0 Å². The SMILES string of the molecule is CC[C@@H](C)NC(=O)[C@@H](C)N(Cc1ccc(Cl)cc1)C(=O)CN(c1cccc(C(F)(F)F)c1)S(=O)(=O)c1ccccc1. The van der Waals surface area contributed by atoms with E-state index in [0.29, 0.717) is 27.4 Å². The van der Waals surface area contributed by atoms with Crippen LogP contribution in [-0.2, 0) is 32.3 Å². The van der Waals surface area contributed by atoms with Gasteiger partial charge in [-0.05, 0) is 68.3 Å². The first-order valence-corrected chi connectivity index (χ1v) is 14.6. The van der Waals surface area contributed by atoms with Gasteiger partial charge in [-0.25, -0.2) is 8.42 Å². The largest absolute Gasteiger partial charge is 0.416 e. The molecule has 0 bridgehead atoms. The second-order valence-corrected chi connectivity index (χ2v) is 11.8. The Kier molecular flexibility index (Phi) is 10.4. The highest BCUT2D eigenvalue weighted by Gasteiger charge is 2.35. The highest BCUT2D eigenvalue weighted by atomic mass is 35.5. The van der Waals surface area contributed by atoms with Crippen molar-refractivity contribution < 1.29 is 31.2 Å². The molecule has 0 aliphatic rings. The van der Waals surface area contributed by atoms with Crippen molar-refractivity contribution in [2.75, 3.05) is 10.8 Å². The number of hydrogen-bond donors (Lipinski definition) is 1. The molecule has 0 saturated heterocycles. The van der Waals surface area contributed by atoms with E-state index in [1.54, 1.807) is 37.3 Å². The lowest BCUT2D eigenvalue weighted by Gasteiger charge is -2.32.